The van der Waals surface area contributed by atoms with E-state index in [0.717, 1.165) is 22.5 Å². The quantitative estimate of drug-likeness (QED) is 0.670. The highest BCUT2D eigenvalue weighted by Crippen LogP contribution is 2.13. The molecule has 1 heterocycles. The van der Waals surface area contributed by atoms with Crippen LogP contribution in [0.4, 0.5) is 4.39 Å². The van der Waals surface area contributed by atoms with Crippen LogP contribution >= 0.6 is 11.3 Å². The maximum absolute atomic E-state index is 12.7. The molecule has 0 saturated carbocycles. The molecule has 0 spiro atoms. The van der Waals surface area contributed by atoms with Gasteiger partial charge in [0, 0.05) is 0 Å². The van der Waals surface area contributed by atoms with Crippen molar-refractivity contribution >= 4 is 23.5 Å². The molecule has 0 bridgehead atoms. The molecule has 5 heteroatoms. The van der Waals surface area contributed by atoms with Crippen molar-refractivity contribution in [2.24, 2.45) is 5.10 Å². The number of hydrogen-bond donors (Lipinski definition) is 1. The van der Waals surface area contributed by atoms with Gasteiger partial charge in [0.15, 0.2) is 5.13 Å². The lowest BCUT2D eigenvalue weighted by Gasteiger charge is -1.98. The highest BCUT2D eigenvalue weighted by atomic mass is 32.1. The van der Waals surface area contributed by atoms with Gasteiger partial charge in [-0.25, -0.2) is 5.43 Å². The predicted octanol–water partition coefficient (Wildman–Crippen LogP) is 2.96. The van der Waals surface area contributed by atoms with E-state index in [1.807, 2.05) is 31.2 Å². The number of nitrogens with one attached hydrogen (secondary N) is 1. The van der Waals surface area contributed by atoms with Crippen LogP contribution in [0.15, 0.2) is 41.5 Å². The van der Waals surface area contributed by atoms with E-state index in [9.17, 15) is 9.18 Å². The van der Waals surface area contributed by atoms with E-state index in [1.165, 1.54) is 12.1 Å². The second-order valence-corrected chi connectivity index (χ2v) is 4.69. The van der Waals surface area contributed by atoms with Crippen LogP contribution < -0.4 is 5.43 Å². The summed E-state index contributed by atoms with van der Waals surface area (Å²) in [4.78, 5) is 11.9. The minimum atomic E-state index is -0.409. The fraction of sp³-hybridized carbons (Fsp3) is 0.0769. The Balaban J connectivity index is 2.00. The topological polar surface area (TPSA) is 41.5 Å². The van der Waals surface area contributed by atoms with Crippen molar-refractivity contribution in [1.29, 1.82) is 0 Å². The third-order valence-electron chi connectivity index (χ3n) is 2.36. The van der Waals surface area contributed by atoms with Crippen molar-refractivity contribution in [3.63, 3.8) is 0 Å². The number of nitrogens with zero attached hydrogens (tertiary/aromatic N) is 1. The molecule has 0 atom stereocenters. The lowest BCUT2D eigenvalue weighted by molar-refractivity contribution is 0.0959. The molecule has 2 aromatic rings. The minimum absolute atomic E-state index is 0.300. The van der Waals surface area contributed by atoms with E-state index in [-0.39, 0.29) is 5.13 Å². The predicted molar refractivity (Wildman–Crippen MR) is 70.5 cm³/mol. The van der Waals surface area contributed by atoms with Crippen LogP contribution in [0.5, 0.6) is 0 Å². The summed E-state index contributed by atoms with van der Waals surface area (Å²) in [5.41, 5.74) is 4.36. The zero-order valence-corrected chi connectivity index (χ0v) is 10.5. The number of halogens is 1. The summed E-state index contributed by atoms with van der Waals surface area (Å²) in [7, 11) is 0. The van der Waals surface area contributed by atoms with Crippen LogP contribution in [0.3, 0.4) is 0 Å². The Morgan fingerprint density at radius 3 is 2.78 bits per heavy atom. The summed E-state index contributed by atoms with van der Waals surface area (Å²) in [6, 6.07) is 10.4. The molecule has 1 aromatic heterocycles. The minimum Gasteiger partial charge on any atom is -0.266 e. The first-order valence-electron chi connectivity index (χ1n) is 5.31. The SMILES string of the molecule is Cc1ccccc1/C=N/NC(=O)c1ccc(F)s1. The second kappa shape index (κ2) is 5.55. The smallest absolute Gasteiger partial charge is 0.266 e. The number of benzene rings is 1. The number of hydrogen-bond acceptors (Lipinski definition) is 3. The zero-order valence-electron chi connectivity index (χ0n) is 9.68. The van der Waals surface area contributed by atoms with Crippen LogP contribution in [-0.4, -0.2) is 12.1 Å². The van der Waals surface area contributed by atoms with E-state index in [0.29, 0.717) is 4.88 Å². The van der Waals surface area contributed by atoms with Crippen LogP contribution in [-0.2, 0) is 0 Å². The fourth-order valence-electron chi connectivity index (χ4n) is 1.38. The fourth-order valence-corrected chi connectivity index (χ4v) is 2.00. The van der Waals surface area contributed by atoms with Crippen LogP contribution in [0.2, 0.25) is 0 Å². The number of rotatable bonds is 3. The Morgan fingerprint density at radius 1 is 1.33 bits per heavy atom. The van der Waals surface area contributed by atoms with Crippen LogP contribution in [0, 0.1) is 12.1 Å². The summed E-state index contributed by atoms with van der Waals surface area (Å²) in [6.45, 7) is 1.96. The second-order valence-electron chi connectivity index (χ2n) is 3.66. The summed E-state index contributed by atoms with van der Waals surface area (Å²) in [5.74, 6) is -0.409. The summed E-state index contributed by atoms with van der Waals surface area (Å²) in [5, 5.41) is 3.46. The Hall–Kier alpha value is -2.01. The first-order valence-corrected chi connectivity index (χ1v) is 6.13. The highest BCUT2D eigenvalue weighted by molar-refractivity contribution is 7.12. The van der Waals surface area contributed by atoms with Crippen molar-refractivity contribution in [3.05, 3.63) is 57.5 Å². The molecule has 2 rings (SSSR count). The Labute approximate surface area is 108 Å². The molecular weight excluding hydrogens is 251 g/mol. The maximum atomic E-state index is 12.7. The average molecular weight is 262 g/mol. The molecule has 0 aliphatic heterocycles. The van der Waals surface area contributed by atoms with Gasteiger partial charge in [0.25, 0.3) is 5.91 Å². The van der Waals surface area contributed by atoms with Crippen molar-refractivity contribution in [3.8, 4) is 0 Å². The highest BCUT2D eigenvalue weighted by Gasteiger charge is 2.07. The van der Waals surface area contributed by atoms with Gasteiger partial charge in [0.1, 0.15) is 0 Å². The summed E-state index contributed by atoms with van der Waals surface area (Å²) >= 11 is 0.793. The lowest BCUT2D eigenvalue weighted by atomic mass is 10.1. The molecule has 0 aliphatic rings. The van der Waals surface area contributed by atoms with Gasteiger partial charge in [-0.3, -0.25) is 4.79 Å². The average Bonchev–Trinajstić information content (AvgIpc) is 2.78. The maximum Gasteiger partial charge on any atom is 0.281 e. The van der Waals surface area contributed by atoms with E-state index in [2.05, 4.69) is 10.5 Å². The molecule has 0 unspecified atom stereocenters. The standard InChI is InChI=1S/C13H11FN2OS/c1-9-4-2-3-5-10(9)8-15-16-13(17)11-6-7-12(14)18-11/h2-8H,1H3,(H,16,17)/b15-8+. The molecule has 3 nitrogen and oxygen atoms in total. The molecular formula is C13H11FN2OS. The molecule has 1 N–H and O–H groups in total. The van der Waals surface area contributed by atoms with Crippen molar-refractivity contribution in [2.75, 3.05) is 0 Å². The number of hydrazone groups is 1. The van der Waals surface area contributed by atoms with Gasteiger partial charge < -0.3 is 0 Å². The van der Waals surface area contributed by atoms with Crippen molar-refractivity contribution < 1.29 is 9.18 Å². The Morgan fingerprint density at radius 2 is 2.11 bits per heavy atom. The van der Waals surface area contributed by atoms with Gasteiger partial charge in [0.05, 0.1) is 11.1 Å². The molecule has 92 valence electrons. The monoisotopic (exact) mass is 262 g/mol. The summed E-state index contributed by atoms with van der Waals surface area (Å²) < 4.78 is 12.7. The third kappa shape index (κ3) is 3.01. The van der Waals surface area contributed by atoms with E-state index >= 15 is 0 Å². The van der Waals surface area contributed by atoms with Gasteiger partial charge in [0.2, 0.25) is 0 Å². The van der Waals surface area contributed by atoms with Crippen molar-refractivity contribution in [2.45, 2.75) is 6.92 Å². The molecule has 0 radical (unpaired) electrons. The molecule has 18 heavy (non-hydrogen) atoms. The molecule has 1 aromatic carbocycles. The molecule has 0 saturated heterocycles. The van der Waals surface area contributed by atoms with Gasteiger partial charge in [-0.15, -0.1) is 11.3 Å². The van der Waals surface area contributed by atoms with Gasteiger partial charge in [-0.2, -0.15) is 9.49 Å². The van der Waals surface area contributed by atoms with Crippen molar-refractivity contribution in [1.82, 2.24) is 5.43 Å². The van der Waals surface area contributed by atoms with E-state index in [1.54, 1.807) is 6.21 Å². The number of aryl methyl sites for hydroxylation is 1. The Kier molecular flexibility index (Phi) is 3.84. The third-order valence-corrected chi connectivity index (χ3v) is 3.23. The largest absolute Gasteiger partial charge is 0.281 e. The molecule has 1 amide bonds. The number of carbonyl (C=O) groups excluding carboxylic acids is 1. The van der Waals surface area contributed by atoms with Gasteiger partial charge >= 0.3 is 0 Å². The Bertz CT molecular complexity index is 592. The van der Waals surface area contributed by atoms with Crippen LogP contribution in [0.1, 0.15) is 20.8 Å². The normalized spacial score (nSPS) is 10.8. The van der Waals surface area contributed by atoms with Gasteiger partial charge in [-0.1, -0.05) is 24.3 Å². The zero-order chi connectivity index (χ0) is 13.0. The summed E-state index contributed by atoms with van der Waals surface area (Å²) in [6.07, 6.45) is 1.57. The first kappa shape index (κ1) is 12.4. The van der Waals surface area contributed by atoms with Crippen LogP contribution in [0.25, 0.3) is 0 Å². The van der Waals surface area contributed by atoms with E-state index in [4.69, 9.17) is 0 Å². The number of carbonyl (C=O) groups is 1. The number of thiophene rings is 1. The first-order chi connectivity index (χ1) is 8.66. The molecule has 0 aliphatic carbocycles. The van der Waals surface area contributed by atoms with Gasteiger partial charge in [-0.05, 0) is 30.2 Å². The molecule has 0 fully saturated rings. The number of amides is 1. The lowest BCUT2D eigenvalue weighted by Crippen LogP contribution is -2.16. The van der Waals surface area contributed by atoms with E-state index < -0.39 is 5.91 Å².